The van der Waals surface area contributed by atoms with Crippen LogP contribution >= 0.6 is 0 Å². The molecular weight excluding hydrogens is 233 g/mol. The number of halogens is 3. The van der Waals surface area contributed by atoms with Crippen molar-refractivity contribution in [3.63, 3.8) is 0 Å². The minimum absolute atomic E-state index is 0.00327. The Hall–Kier alpha value is -1.30. The number of aromatic nitrogens is 1. The van der Waals surface area contributed by atoms with E-state index in [1.165, 1.54) is 6.07 Å². The summed E-state index contributed by atoms with van der Waals surface area (Å²) in [6.45, 7) is 2.75. The number of hydrogen-bond acceptors (Lipinski definition) is 3. The van der Waals surface area contributed by atoms with Crippen LogP contribution in [0, 0.1) is 0 Å². The van der Waals surface area contributed by atoms with E-state index in [-0.39, 0.29) is 6.10 Å². The van der Waals surface area contributed by atoms with E-state index in [1.54, 1.807) is 0 Å². The molecule has 0 aliphatic carbocycles. The van der Waals surface area contributed by atoms with Crippen molar-refractivity contribution in [2.24, 2.45) is 0 Å². The molecule has 1 aromatic heterocycles. The van der Waals surface area contributed by atoms with Crippen molar-refractivity contribution in [1.29, 1.82) is 0 Å². The average Bonchev–Trinajstić information content (AvgIpc) is 2.63. The molecule has 17 heavy (non-hydrogen) atoms. The van der Waals surface area contributed by atoms with E-state index in [0.29, 0.717) is 18.3 Å². The maximum absolute atomic E-state index is 12.3. The Labute approximate surface area is 97.0 Å². The topological polar surface area (TPSA) is 34.1 Å². The number of alkyl halides is 3. The highest BCUT2D eigenvalue weighted by Gasteiger charge is 2.32. The quantitative estimate of drug-likeness (QED) is 0.868. The van der Waals surface area contributed by atoms with Crippen molar-refractivity contribution >= 4 is 0 Å². The Morgan fingerprint density at radius 2 is 2.18 bits per heavy atom. The second-order valence-electron chi connectivity index (χ2n) is 4.16. The SMILES string of the molecule is C[C@H]1C[C@@H](Oc2ccc(C(F)(F)F)nc2)CN1. The summed E-state index contributed by atoms with van der Waals surface area (Å²) in [7, 11) is 0. The van der Waals surface area contributed by atoms with E-state index >= 15 is 0 Å². The highest BCUT2D eigenvalue weighted by Crippen LogP contribution is 2.28. The zero-order chi connectivity index (χ0) is 12.5. The number of nitrogens with zero attached hydrogens (tertiary/aromatic N) is 1. The fourth-order valence-corrected chi connectivity index (χ4v) is 1.79. The van der Waals surface area contributed by atoms with E-state index in [2.05, 4.69) is 10.3 Å². The van der Waals surface area contributed by atoms with Gasteiger partial charge in [-0.1, -0.05) is 0 Å². The summed E-state index contributed by atoms with van der Waals surface area (Å²) >= 11 is 0. The summed E-state index contributed by atoms with van der Waals surface area (Å²) in [5.74, 6) is 0.374. The van der Waals surface area contributed by atoms with Crippen LogP contribution in [0.4, 0.5) is 13.2 Å². The van der Waals surface area contributed by atoms with E-state index in [4.69, 9.17) is 4.74 Å². The normalized spacial score (nSPS) is 24.9. The third kappa shape index (κ3) is 3.09. The maximum atomic E-state index is 12.3. The second kappa shape index (κ2) is 4.52. The van der Waals surface area contributed by atoms with Crippen molar-refractivity contribution in [2.75, 3.05) is 6.54 Å². The minimum atomic E-state index is -4.40. The molecule has 1 saturated heterocycles. The van der Waals surface area contributed by atoms with Crippen molar-refractivity contribution in [3.05, 3.63) is 24.0 Å². The molecule has 0 amide bonds. The molecule has 0 bridgehead atoms. The molecule has 0 aromatic carbocycles. The van der Waals surface area contributed by atoms with Crippen LogP contribution in [0.25, 0.3) is 0 Å². The summed E-state index contributed by atoms with van der Waals surface area (Å²) in [6.07, 6.45) is -2.43. The van der Waals surface area contributed by atoms with Crippen LogP contribution in [-0.2, 0) is 6.18 Å². The molecule has 0 spiro atoms. The lowest BCUT2D eigenvalue weighted by Crippen LogP contribution is -2.20. The Morgan fingerprint density at radius 1 is 1.41 bits per heavy atom. The van der Waals surface area contributed by atoms with Crippen LogP contribution < -0.4 is 10.1 Å². The van der Waals surface area contributed by atoms with Gasteiger partial charge in [-0.15, -0.1) is 0 Å². The van der Waals surface area contributed by atoms with E-state index in [0.717, 1.165) is 18.7 Å². The first-order valence-electron chi connectivity index (χ1n) is 5.38. The van der Waals surface area contributed by atoms with Gasteiger partial charge in [-0.25, -0.2) is 4.98 Å². The Morgan fingerprint density at radius 3 is 2.65 bits per heavy atom. The lowest BCUT2D eigenvalue weighted by atomic mass is 10.2. The lowest BCUT2D eigenvalue weighted by molar-refractivity contribution is -0.141. The first-order valence-corrected chi connectivity index (χ1v) is 5.38. The van der Waals surface area contributed by atoms with Crippen molar-refractivity contribution in [3.8, 4) is 5.75 Å². The van der Waals surface area contributed by atoms with Crippen LogP contribution in [0.2, 0.25) is 0 Å². The van der Waals surface area contributed by atoms with Crippen LogP contribution in [0.1, 0.15) is 19.0 Å². The number of hydrogen-bond donors (Lipinski definition) is 1. The van der Waals surface area contributed by atoms with E-state index in [9.17, 15) is 13.2 Å². The van der Waals surface area contributed by atoms with Gasteiger partial charge in [0.15, 0.2) is 0 Å². The Bertz CT molecular complexity index is 377. The standard InChI is InChI=1S/C11H13F3N2O/c1-7-4-9(6-15-7)17-8-2-3-10(16-5-8)11(12,13)14/h2-3,5,7,9,15H,4,6H2,1H3/t7-,9+/m0/s1. The van der Waals surface area contributed by atoms with Gasteiger partial charge < -0.3 is 10.1 Å². The molecule has 3 nitrogen and oxygen atoms in total. The van der Waals surface area contributed by atoms with Gasteiger partial charge in [-0.05, 0) is 19.1 Å². The number of rotatable bonds is 2. The van der Waals surface area contributed by atoms with Gasteiger partial charge in [-0.3, -0.25) is 0 Å². The molecule has 0 saturated carbocycles. The fourth-order valence-electron chi connectivity index (χ4n) is 1.79. The molecule has 1 fully saturated rings. The molecule has 0 radical (unpaired) electrons. The molecule has 0 unspecified atom stereocenters. The first-order chi connectivity index (χ1) is 7.95. The zero-order valence-electron chi connectivity index (χ0n) is 9.29. The summed E-state index contributed by atoms with van der Waals surface area (Å²) < 4.78 is 42.3. The van der Waals surface area contributed by atoms with Gasteiger partial charge in [-0.2, -0.15) is 13.2 Å². The van der Waals surface area contributed by atoms with Crippen LogP contribution in [-0.4, -0.2) is 23.7 Å². The molecule has 2 heterocycles. The Kier molecular flexibility index (Phi) is 3.24. The van der Waals surface area contributed by atoms with Crippen LogP contribution in [0.3, 0.4) is 0 Å². The molecule has 6 heteroatoms. The Balaban J connectivity index is 1.99. The van der Waals surface area contributed by atoms with Gasteiger partial charge in [0.1, 0.15) is 17.5 Å². The number of nitrogens with one attached hydrogen (secondary N) is 1. The van der Waals surface area contributed by atoms with E-state index in [1.807, 2.05) is 6.92 Å². The number of pyridine rings is 1. The second-order valence-corrected chi connectivity index (χ2v) is 4.16. The van der Waals surface area contributed by atoms with Crippen LogP contribution in [0.15, 0.2) is 18.3 Å². The van der Waals surface area contributed by atoms with Crippen molar-refractivity contribution in [1.82, 2.24) is 10.3 Å². The summed E-state index contributed by atoms with van der Waals surface area (Å²) in [4.78, 5) is 3.34. The molecule has 1 N–H and O–H groups in total. The third-order valence-electron chi connectivity index (χ3n) is 2.64. The van der Waals surface area contributed by atoms with Gasteiger partial charge >= 0.3 is 6.18 Å². The molecule has 2 rings (SSSR count). The molecule has 1 aromatic rings. The molecule has 1 aliphatic heterocycles. The summed E-state index contributed by atoms with van der Waals surface area (Å²) in [5, 5.41) is 3.20. The predicted octanol–water partition coefficient (Wildman–Crippen LogP) is 2.23. The van der Waals surface area contributed by atoms with Crippen molar-refractivity contribution < 1.29 is 17.9 Å². The molecule has 94 valence electrons. The smallest absolute Gasteiger partial charge is 0.433 e. The molecule has 2 atom stereocenters. The average molecular weight is 246 g/mol. The van der Waals surface area contributed by atoms with Gasteiger partial charge in [0.05, 0.1) is 6.20 Å². The van der Waals surface area contributed by atoms with Crippen molar-refractivity contribution in [2.45, 2.75) is 31.7 Å². The number of ether oxygens (including phenoxy) is 1. The molecule has 1 aliphatic rings. The minimum Gasteiger partial charge on any atom is -0.487 e. The summed E-state index contributed by atoms with van der Waals surface area (Å²) in [5.41, 5.74) is -0.900. The third-order valence-corrected chi connectivity index (χ3v) is 2.64. The highest BCUT2D eigenvalue weighted by atomic mass is 19.4. The fraction of sp³-hybridized carbons (Fsp3) is 0.545. The van der Waals surface area contributed by atoms with E-state index < -0.39 is 11.9 Å². The van der Waals surface area contributed by atoms with Gasteiger partial charge in [0, 0.05) is 19.0 Å². The largest absolute Gasteiger partial charge is 0.487 e. The van der Waals surface area contributed by atoms with Gasteiger partial charge in [0.25, 0.3) is 0 Å². The highest BCUT2D eigenvalue weighted by molar-refractivity contribution is 5.21. The lowest BCUT2D eigenvalue weighted by Gasteiger charge is -2.13. The summed E-state index contributed by atoms with van der Waals surface area (Å²) in [6, 6.07) is 2.61. The maximum Gasteiger partial charge on any atom is 0.433 e. The predicted molar refractivity (Wildman–Crippen MR) is 55.7 cm³/mol. The van der Waals surface area contributed by atoms with Gasteiger partial charge in [0.2, 0.25) is 0 Å². The first kappa shape index (κ1) is 12.2. The monoisotopic (exact) mass is 246 g/mol. The van der Waals surface area contributed by atoms with Crippen LogP contribution in [0.5, 0.6) is 5.75 Å². The zero-order valence-corrected chi connectivity index (χ0v) is 9.29. The molecular formula is C11H13F3N2O.